The highest BCUT2D eigenvalue weighted by Crippen LogP contribution is 2.82. The van der Waals surface area contributed by atoms with E-state index in [2.05, 4.69) is 17.1 Å². The highest BCUT2D eigenvalue weighted by atomic mass is 19.4. The van der Waals surface area contributed by atoms with Crippen molar-refractivity contribution in [3.63, 3.8) is 0 Å². The lowest BCUT2D eigenvalue weighted by Crippen LogP contribution is -2.44. The van der Waals surface area contributed by atoms with Crippen LogP contribution in [-0.4, -0.2) is 25.0 Å². The number of rotatable bonds is 7. The van der Waals surface area contributed by atoms with Crippen molar-refractivity contribution in [2.24, 2.45) is 21.6 Å². The van der Waals surface area contributed by atoms with Crippen LogP contribution in [0.25, 0.3) is 0 Å². The van der Waals surface area contributed by atoms with Crippen molar-refractivity contribution in [1.82, 2.24) is 0 Å². The molecule has 1 heterocycles. The fraction of sp³-hybridized carbons (Fsp3) is 0.550. The van der Waals surface area contributed by atoms with E-state index in [4.69, 9.17) is 15.2 Å². The van der Waals surface area contributed by atoms with Crippen molar-refractivity contribution in [2.75, 3.05) is 13.2 Å². The molecule has 2 aliphatic rings. The molecule has 0 saturated heterocycles. The van der Waals surface area contributed by atoms with Crippen LogP contribution in [0.1, 0.15) is 43.7 Å². The van der Waals surface area contributed by atoms with Gasteiger partial charge >= 0.3 is 6.18 Å². The predicted octanol–water partition coefficient (Wildman–Crippen LogP) is 3.70. The minimum absolute atomic E-state index is 0.156. The van der Waals surface area contributed by atoms with E-state index in [0.717, 1.165) is 12.1 Å². The topological polar surface area (TPSA) is 104 Å². The van der Waals surface area contributed by atoms with Crippen LogP contribution in [0.2, 0.25) is 0 Å². The summed E-state index contributed by atoms with van der Waals surface area (Å²) in [6.45, 7) is 4.06. The van der Waals surface area contributed by atoms with Crippen molar-refractivity contribution in [3.8, 4) is 12.1 Å². The summed E-state index contributed by atoms with van der Waals surface area (Å²) in [5.41, 5.74) is 2.10. The Balaban J connectivity index is 2.18. The summed E-state index contributed by atoms with van der Waals surface area (Å²) >= 11 is 0. The maximum absolute atomic E-state index is 13.2. The van der Waals surface area contributed by atoms with Gasteiger partial charge in [-0.05, 0) is 24.5 Å². The van der Waals surface area contributed by atoms with Gasteiger partial charge in [0.2, 0.25) is 0 Å². The number of fused-ring (bicyclic) bond motifs is 1. The number of hydrogen-bond donors (Lipinski definition) is 1. The number of amidine groups is 1. The van der Waals surface area contributed by atoms with Gasteiger partial charge in [-0.15, -0.1) is 0 Å². The van der Waals surface area contributed by atoms with Crippen LogP contribution in [-0.2, 0) is 15.7 Å². The van der Waals surface area contributed by atoms with Crippen LogP contribution in [0.3, 0.4) is 0 Å². The summed E-state index contributed by atoms with van der Waals surface area (Å²) in [5.74, 6) is -2.96. The van der Waals surface area contributed by atoms with Gasteiger partial charge in [0.15, 0.2) is 5.41 Å². The number of benzene rings is 1. The summed E-state index contributed by atoms with van der Waals surface area (Å²) in [5, 5.41) is 20.1. The molecule has 0 radical (unpaired) electrons. The first-order chi connectivity index (χ1) is 13.7. The molecule has 0 aromatic heterocycles. The van der Waals surface area contributed by atoms with Crippen LogP contribution in [0, 0.1) is 33.5 Å². The number of nitrogens with two attached hydrogens (primary N) is 1. The number of nitriles is 2. The summed E-state index contributed by atoms with van der Waals surface area (Å²) < 4.78 is 51.4. The third kappa shape index (κ3) is 2.65. The van der Waals surface area contributed by atoms with E-state index in [-0.39, 0.29) is 24.6 Å². The van der Waals surface area contributed by atoms with E-state index < -0.39 is 34.4 Å². The molecule has 6 nitrogen and oxygen atoms in total. The van der Waals surface area contributed by atoms with Crippen LogP contribution in [0.4, 0.5) is 13.2 Å². The van der Waals surface area contributed by atoms with Gasteiger partial charge in [-0.25, -0.2) is 4.99 Å². The molecule has 1 aromatic carbocycles. The maximum Gasteiger partial charge on any atom is 0.416 e. The van der Waals surface area contributed by atoms with Crippen molar-refractivity contribution in [1.29, 1.82) is 10.5 Å². The molecule has 1 fully saturated rings. The summed E-state index contributed by atoms with van der Waals surface area (Å²) in [7, 11) is 0. The molecule has 1 saturated carbocycles. The molecular formula is C20H21F3N4O2. The van der Waals surface area contributed by atoms with Gasteiger partial charge in [0.05, 0.1) is 30.9 Å². The van der Waals surface area contributed by atoms with Crippen molar-refractivity contribution < 1.29 is 22.6 Å². The average molecular weight is 406 g/mol. The van der Waals surface area contributed by atoms with Gasteiger partial charge in [-0.2, -0.15) is 23.7 Å². The Kier molecular flexibility index (Phi) is 5.10. The van der Waals surface area contributed by atoms with Gasteiger partial charge in [0.25, 0.3) is 5.91 Å². The number of nitrogens with zero attached hydrogens (tertiary/aromatic N) is 3. The molecular weight excluding hydrogens is 385 g/mol. The second-order valence-corrected chi connectivity index (χ2v) is 7.17. The molecule has 3 rings (SSSR count). The quantitative estimate of drug-likeness (QED) is 0.695. The van der Waals surface area contributed by atoms with E-state index in [0.29, 0.717) is 12.8 Å². The van der Waals surface area contributed by atoms with E-state index >= 15 is 0 Å². The molecule has 1 aromatic rings. The number of hydrogen-bond acceptors (Lipinski definition) is 6. The lowest BCUT2D eigenvalue weighted by Gasteiger charge is -2.32. The van der Waals surface area contributed by atoms with Crippen LogP contribution in [0.15, 0.2) is 29.3 Å². The highest BCUT2D eigenvalue weighted by molar-refractivity contribution is 6.00. The molecule has 1 aliphatic carbocycles. The second kappa shape index (κ2) is 7.01. The molecule has 9 heteroatoms. The molecule has 154 valence electrons. The lowest BCUT2D eigenvalue weighted by molar-refractivity contribution is -0.259. The van der Waals surface area contributed by atoms with Crippen LogP contribution < -0.4 is 5.73 Å². The van der Waals surface area contributed by atoms with Crippen LogP contribution >= 0.6 is 0 Å². The van der Waals surface area contributed by atoms with Gasteiger partial charge in [-0.3, -0.25) is 0 Å². The van der Waals surface area contributed by atoms with Crippen molar-refractivity contribution >= 4 is 5.84 Å². The van der Waals surface area contributed by atoms with Crippen molar-refractivity contribution in [3.05, 3.63) is 35.4 Å². The SMILES string of the molecule is CCCOC1(OCCC)N=C(N)C2(C#N)C(c3cccc(C(F)(F)F)c3)C12C#N. The first-order valence-electron chi connectivity index (χ1n) is 9.34. The zero-order valence-electron chi connectivity index (χ0n) is 16.1. The molecule has 3 atom stereocenters. The Labute approximate surface area is 166 Å². The monoisotopic (exact) mass is 406 g/mol. The first-order valence-corrected chi connectivity index (χ1v) is 9.34. The van der Waals surface area contributed by atoms with Crippen LogP contribution in [0.5, 0.6) is 0 Å². The summed E-state index contributed by atoms with van der Waals surface area (Å²) in [6.07, 6.45) is -3.39. The number of alkyl halides is 3. The molecule has 1 aliphatic heterocycles. The Hall–Kier alpha value is -2.62. The summed E-state index contributed by atoms with van der Waals surface area (Å²) in [6, 6.07) is 8.73. The zero-order chi connectivity index (χ0) is 21.5. The molecule has 3 unspecified atom stereocenters. The Morgan fingerprint density at radius 1 is 1.14 bits per heavy atom. The van der Waals surface area contributed by atoms with Crippen molar-refractivity contribution in [2.45, 2.75) is 44.7 Å². The number of aliphatic imine (C=N–C) groups is 1. The van der Waals surface area contributed by atoms with E-state index in [1.165, 1.54) is 12.1 Å². The van der Waals surface area contributed by atoms with Gasteiger partial charge in [0.1, 0.15) is 11.3 Å². The van der Waals surface area contributed by atoms with Gasteiger partial charge in [0, 0.05) is 5.92 Å². The molecule has 0 amide bonds. The normalized spacial score (nSPS) is 29.5. The minimum atomic E-state index is -4.56. The molecule has 29 heavy (non-hydrogen) atoms. The van der Waals surface area contributed by atoms with E-state index in [1.807, 2.05) is 13.8 Å². The largest absolute Gasteiger partial charge is 0.416 e. The number of halogens is 3. The Morgan fingerprint density at radius 2 is 1.76 bits per heavy atom. The lowest BCUT2D eigenvalue weighted by atomic mass is 9.93. The fourth-order valence-corrected chi connectivity index (χ4v) is 4.23. The first kappa shape index (κ1) is 21.1. The third-order valence-electron chi connectivity index (χ3n) is 5.48. The summed E-state index contributed by atoms with van der Waals surface area (Å²) in [4.78, 5) is 4.24. The predicted molar refractivity (Wildman–Crippen MR) is 97.1 cm³/mol. The van der Waals surface area contributed by atoms with Gasteiger partial charge < -0.3 is 15.2 Å². The zero-order valence-corrected chi connectivity index (χ0v) is 16.1. The molecule has 0 bridgehead atoms. The maximum atomic E-state index is 13.2. The molecule has 2 N–H and O–H groups in total. The smallest absolute Gasteiger partial charge is 0.386 e. The van der Waals surface area contributed by atoms with E-state index in [9.17, 15) is 23.7 Å². The molecule has 0 spiro atoms. The average Bonchev–Trinajstić information content (AvgIpc) is 3.28. The third-order valence-corrected chi connectivity index (χ3v) is 5.48. The standard InChI is InChI=1S/C20H21F3N4O2/c1-3-8-28-20(29-9-4-2)18(12-25)15(17(18,11-24)16(26)27-20)13-6-5-7-14(10-13)19(21,22)23/h5-7,10,15H,3-4,8-9H2,1-2H3,(H2,26,27). The minimum Gasteiger partial charge on any atom is -0.386 e. The van der Waals surface area contributed by atoms with Gasteiger partial charge in [-0.1, -0.05) is 32.0 Å². The Bertz CT molecular complexity index is 910. The van der Waals surface area contributed by atoms with E-state index in [1.54, 1.807) is 0 Å². The highest BCUT2D eigenvalue weighted by Gasteiger charge is 2.93. The second-order valence-electron chi connectivity index (χ2n) is 7.17. The Morgan fingerprint density at radius 3 is 2.24 bits per heavy atom. The number of ether oxygens (including phenoxy) is 2. The fourth-order valence-electron chi connectivity index (χ4n) is 4.23.